The van der Waals surface area contributed by atoms with Crippen LogP contribution in [-0.4, -0.2) is 61.1 Å². The summed E-state index contributed by atoms with van der Waals surface area (Å²) in [5.41, 5.74) is 2.03. The summed E-state index contributed by atoms with van der Waals surface area (Å²) in [6.45, 7) is 4.77. The molecule has 2 aliphatic rings. The number of nitrogens with zero attached hydrogens (tertiary/aromatic N) is 3. The van der Waals surface area contributed by atoms with Crippen molar-refractivity contribution in [2.45, 2.75) is 25.8 Å². The minimum atomic E-state index is -0.158. The highest BCUT2D eigenvalue weighted by molar-refractivity contribution is 5.82. The van der Waals surface area contributed by atoms with E-state index in [0.29, 0.717) is 32.7 Å². The lowest BCUT2D eigenvalue weighted by molar-refractivity contribution is -0.135. The molecule has 2 fully saturated rings. The Balaban J connectivity index is 1.29. The molecular formula is C24H30N4O3. The number of rotatable bonds is 6. The topological polar surface area (TPSA) is 74.8 Å². The van der Waals surface area contributed by atoms with Crippen molar-refractivity contribution < 1.29 is 14.3 Å². The fraction of sp³-hybridized carbons (Fsp3) is 0.458. The number of carbonyl (C=O) groups is 2. The number of ether oxygens (including phenoxy) is 1. The van der Waals surface area contributed by atoms with Crippen LogP contribution >= 0.6 is 0 Å². The molecule has 1 N–H and O–H groups in total. The van der Waals surface area contributed by atoms with Crippen molar-refractivity contribution in [3.63, 3.8) is 0 Å². The van der Waals surface area contributed by atoms with Gasteiger partial charge in [0.2, 0.25) is 11.8 Å². The van der Waals surface area contributed by atoms with Crippen molar-refractivity contribution in [1.29, 1.82) is 0 Å². The molecule has 7 heteroatoms. The van der Waals surface area contributed by atoms with Crippen molar-refractivity contribution in [3.05, 3.63) is 59.8 Å². The van der Waals surface area contributed by atoms with Gasteiger partial charge in [0.05, 0.1) is 25.6 Å². The molecule has 1 aromatic heterocycles. The predicted molar refractivity (Wildman–Crippen MR) is 119 cm³/mol. The maximum atomic E-state index is 12.8. The van der Waals surface area contributed by atoms with Gasteiger partial charge >= 0.3 is 0 Å². The third-order valence-corrected chi connectivity index (χ3v) is 5.95. The first-order valence-electron chi connectivity index (χ1n) is 11.1. The van der Waals surface area contributed by atoms with Gasteiger partial charge in [0.15, 0.2) is 0 Å². The fourth-order valence-corrected chi connectivity index (χ4v) is 4.17. The average molecular weight is 423 g/mol. The lowest BCUT2D eigenvalue weighted by atomic mass is 9.96. The fourth-order valence-electron chi connectivity index (χ4n) is 4.17. The highest BCUT2D eigenvalue weighted by Crippen LogP contribution is 2.19. The quantitative estimate of drug-likeness (QED) is 0.771. The molecule has 1 atom stereocenters. The van der Waals surface area contributed by atoms with E-state index >= 15 is 0 Å². The van der Waals surface area contributed by atoms with Crippen molar-refractivity contribution >= 4 is 17.6 Å². The van der Waals surface area contributed by atoms with Crippen molar-refractivity contribution in [1.82, 2.24) is 15.2 Å². The third kappa shape index (κ3) is 5.82. The van der Waals surface area contributed by atoms with Gasteiger partial charge in [-0.25, -0.2) is 4.98 Å². The van der Waals surface area contributed by atoms with E-state index in [-0.39, 0.29) is 17.7 Å². The van der Waals surface area contributed by atoms with Gasteiger partial charge in [-0.15, -0.1) is 0 Å². The zero-order chi connectivity index (χ0) is 21.5. The predicted octanol–water partition coefficient (Wildman–Crippen LogP) is 2.02. The van der Waals surface area contributed by atoms with Gasteiger partial charge in [-0.2, -0.15) is 0 Å². The molecule has 31 heavy (non-hydrogen) atoms. The largest absolute Gasteiger partial charge is 0.378 e. The number of anilines is 1. The van der Waals surface area contributed by atoms with Crippen LogP contribution in [0.5, 0.6) is 0 Å². The molecule has 2 amide bonds. The van der Waals surface area contributed by atoms with E-state index < -0.39 is 0 Å². The number of morpholine rings is 1. The van der Waals surface area contributed by atoms with E-state index in [9.17, 15) is 9.59 Å². The number of hydrogen-bond acceptors (Lipinski definition) is 5. The number of likely N-dealkylation sites (tertiary alicyclic amines) is 1. The van der Waals surface area contributed by atoms with Crippen molar-refractivity contribution in [2.75, 3.05) is 44.3 Å². The van der Waals surface area contributed by atoms with E-state index in [1.54, 1.807) is 6.20 Å². The number of hydrogen-bond donors (Lipinski definition) is 1. The van der Waals surface area contributed by atoms with E-state index in [1.807, 2.05) is 47.4 Å². The maximum absolute atomic E-state index is 12.8. The second kappa shape index (κ2) is 10.4. The van der Waals surface area contributed by atoms with Gasteiger partial charge in [0.1, 0.15) is 5.82 Å². The Morgan fingerprint density at radius 3 is 2.68 bits per heavy atom. The van der Waals surface area contributed by atoms with Crippen LogP contribution in [0.15, 0.2) is 48.7 Å². The normalized spacial score (nSPS) is 19.2. The molecule has 1 aromatic carbocycles. The monoisotopic (exact) mass is 422 g/mol. The minimum Gasteiger partial charge on any atom is -0.378 e. The van der Waals surface area contributed by atoms with E-state index in [0.717, 1.165) is 49.4 Å². The summed E-state index contributed by atoms with van der Waals surface area (Å²) in [7, 11) is 0. The van der Waals surface area contributed by atoms with Crippen LogP contribution in [-0.2, 0) is 27.3 Å². The molecule has 2 aromatic rings. The zero-order valence-electron chi connectivity index (χ0n) is 17.8. The van der Waals surface area contributed by atoms with Gasteiger partial charge in [0, 0.05) is 38.9 Å². The van der Waals surface area contributed by atoms with Crippen molar-refractivity contribution in [3.8, 4) is 0 Å². The van der Waals surface area contributed by atoms with Gasteiger partial charge in [-0.1, -0.05) is 30.3 Å². The molecular weight excluding hydrogens is 392 g/mol. The molecule has 2 saturated heterocycles. The Morgan fingerprint density at radius 2 is 1.87 bits per heavy atom. The van der Waals surface area contributed by atoms with Gasteiger partial charge < -0.3 is 19.9 Å². The number of nitrogens with one attached hydrogen (secondary N) is 1. The lowest BCUT2D eigenvalue weighted by Gasteiger charge is -2.32. The summed E-state index contributed by atoms with van der Waals surface area (Å²) in [5, 5.41) is 3.06. The highest BCUT2D eigenvalue weighted by Gasteiger charge is 2.28. The summed E-state index contributed by atoms with van der Waals surface area (Å²) in [4.78, 5) is 34.0. The Bertz CT molecular complexity index is 883. The second-order valence-electron chi connectivity index (χ2n) is 8.18. The summed E-state index contributed by atoms with van der Waals surface area (Å²) >= 11 is 0. The molecule has 0 aliphatic carbocycles. The maximum Gasteiger partial charge on any atom is 0.227 e. The number of piperidine rings is 1. The molecule has 3 heterocycles. The van der Waals surface area contributed by atoms with E-state index in [2.05, 4.69) is 15.2 Å². The number of amides is 2. The number of pyridine rings is 1. The Labute approximate surface area is 183 Å². The van der Waals surface area contributed by atoms with Crippen LogP contribution in [0.25, 0.3) is 0 Å². The standard InChI is InChI=1S/C24H30N4O3/c29-23(16-19-5-2-1-3-6-19)28-10-4-7-21(18-28)24(30)26-17-20-8-9-25-22(15-20)27-11-13-31-14-12-27/h1-3,5-6,8-9,15,21H,4,7,10-14,16-18H2,(H,26,30). The highest BCUT2D eigenvalue weighted by atomic mass is 16.5. The van der Waals surface area contributed by atoms with E-state index in [4.69, 9.17) is 4.74 Å². The van der Waals surface area contributed by atoms with Crippen LogP contribution in [0.1, 0.15) is 24.0 Å². The molecule has 7 nitrogen and oxygen atoms in total. The lowest BCUT2D eigenvalue weighted by Crippen LogP contribution is -2.45. The summed E-state index contributed by atoms with van der Waals surface area (Å²) in [5.74, 6) is 0.870. The van der Waals surface area contributed by atoms with Crippen LogP contribution < -0.4 is 10.2 Å². The van der Waals surface area contributed by atoms with Crippen LogP contribution in [0, 0.1) is 5.92 Å². The van der Waals surface area contributed by atoms with Gasteiger partial charge in [0.25, 0.3) is 0 Å². The summed E-state index contributed by atoms with van der Waals surface area (Å²) < 4.78 is 5.40. The molecule has 0 radical (unpaired) electrons. The molecule has 4 rings (SSSR count). The molecule has 2 aliphatic heterocycles. The van der Waals surface area contributed by atoms with Gasteiger partial charge in [-0.3, -0.25) is 9.59 Å². The molecule has 164 valence electrons. The Morgan fingerprint density at radius 1 is 1.06 bits per heavy atom. The Hall–Kier alpha value is -2.93. The number of aromatic nitrogens is 1. The van der Waals surface area contributed by atoms with Crippen LogP contribution in [0.4, 0.5) is 5.82 Å². The molecule has 0 bridgehead atoms. The minimum absolute atomic E-state index is 0.0157. The van der Waals surface area contributed by atoms with Crippen LogP contribution in [0.3, 0.4) is 0 Å². The second-order valence-corrected chi connectivity index (χ2v) is 8.18. The number of carbonyl (C=O) groups excluding carboxylic acids is 2. The van der Waals surface area contributed by atoms with Crippen LogP contribution in [0.2, 0.25) is 0 Å². The first kappa shape index (κ1) is 21.3. The smallest absolute Gasteiger partial charge is 0.227 e. The first-order chi connectivity index (χ1) is 15.2. The average Bonchev–Trinajstić information content (AvgIpc) is 2.84. The third-order valence-electron chi connectivity index (χ3n) is 5.95. The number of benzene rings is 1. The molecule has 0 saturated carbocycles. The molecule has 0 spiro atoms. The van der Waals surface area contributed by atoms with Gasteiger partial charge in [-0.05, 0) is 36.1 Å². The van der Waals surface area contributed by atoms with E-state index in [1.165, 1.54) is 0 Å². The Kier molecular flexibility index (Phi) is 7.14. The SMILES string of the molecule is O=C(NCc1ccnc(N2CCOCC2)c1)C1CCCN(C(=O)Cc2ccccc2)C1. The first-order valence-corrected chi connectivity index (χ1v) is 11.1. The summed E-state index contributed by atoms with van der Waals surface area (Å²) in [6.07, 6.45) is 3.85. The van der Waals surface area contributed by atoms with Crippen molar-refractivity contribution in [2.24, 2.45) is 5.92 Å². The summed E-state index contributed by atoms with van der Waals surface area (Å²) in [6, 6.07) is 13.7. The molecule has 1 unspecified atom stereocenters. The zero-order valence-corrected chi connectivity index (χ0v) is 17.8.